The zero-order chi connectivity index (χ0) is 13.0. The molecule has 0 fully saturated rings. The number of hydrogen-bond acceptors (Lipinski definition) is 4. The van der Waals surface area contributed by atoms with E-state index in [1.54, 1.807) is 19.1 Å². The number of hydrogen-bond donors (Lipinski definition) is 1. The Morgan fingerprint density at radius 3 is 2.53 bits per heavy atom. The van der Waals surface area contributed by atoms with Gasteiger partial charge in [-0.3, -0.25) is 0 Å². The molecule has 1 aromatic carbocycles. The fraction of sp³-hybridized carbons (Fsp3) is 0.417. The minimum absolute atomic E-state index is 0.268. The molecule has 94 valence electrons. The molecule has 0 radical (unpaired) electrons. The number of carbonyl (C=O) groups is 1. The van der Waals surface area contributed by atoms with Crippen molar-refractivity contribution in [2.75, 3.05) is 7.11 Å². The van der Waals surface area contributed by atoms with Crippen molar-refractivity contribution in [3.63, 3.8) is 0 Å². The van der Waals surface area contributed by atoms with Gasteiger partial charge in [-0.2, -0.15) is 0 Å². The molecule has 0 bridgehead atoms. The Bertz CT molecular complexity index is 407. The van der Waals surface area contributed by atoms with Crippen LogP contribution in [0.1, 0.15) is 25.5 Å². The van der Waals surface area contributed by atoms with Gasteiger partial charge in [0.1, 0.15) is 11.6 Å². The van der Waals surface area contributed by atoms with Crippen molar-refractivity contribution in [1.29, 1.82) is 0 Å². The quantitative estimate of drug-likeness (QED) is 0.816. The molecule has 2 atom stereocenters. The third-order valence-electron chi connectivity index (χ3n) is 2.31. The molecule has 0 spiro atoms. The molecule has 0 amide bonds. The molecule has 4 nitrogen and oxygen atoms in total. The van der Waals surface area contributed by atoms with Crippen LogP contribution in [0, 0.1) is 5.82 Å². The molecule has 1 rings (SSSR count). The highest BCUT2D eigenvalue weighted by Crippen LogP contribution is 2.21. The molecule has 0 aromatic heterocycles. The van der Waals surface area contributed by atoms with Gasteiger partial charge in [0.05, 0.1) is 7.11 Å². The standard InChI is InChI=1S/C12H16FNO3/c1-7(14)10-5-4-9(6-11(10)13)17-8(2)12(15)16-3/h4-8H,14H2,1-3H3/t7-,8?/m1/s1. The second kappa shape index (κ2) is 5.63. The molecule has 0 aliphatic heterocycles. The topological polar surface area (TPSA) is 61.5 Å². The van der Waals surface area contributed by atoms with Crippen LogP contribution >= 0.6 is 0 Å². The predicted molar refractivity (Wildman–Crippen MR) is 61.1 cm³/mol. The van der Waals surface area contributed by atoms with E-state index in [2.05, 4.69) is 4.74 Å². The first-order chi connectivity index (χ1) is 7.95. The van der Waals surface area contributed by atoms with Crippen molar-refractivity contribution in [3.8, 4) is 5.75 Å². The Kier molecular flexibility index (Phi) is 4.45. The van der Waals surface area contributed by atoms with Crippen molar-refractivity contribution in [3.05, 3.63) is 29.6 Å². The molecular formula is C12H16FNO3. The minimum Gasteiger partial charge on any atom is -0.479 e. The lowest BCUT2D eigenvalue weighted by Crippen LogP contribution is -2.25. The summed E-state index contributed by atoms with van der Waals surface area (Å²) in [7, 11) is 1.27. The van der Waals surface area contributed by atoms with E-state index in [-0.39, 0.29) is 11.8 Å². The van der Waals surface area contributed by atoms with Crippen LogP contribution < -0.4 is 10.5 Å². The lowest BCUT2D eigenvalue weighted by molar-refractivity contribution is -0.147. The van der Waals surface area contributed by atoms with E-state index in [0.29, 0.717) is 5.56 Å². The van der Waals surface area contributed by atoms with Gasteiger partial charge in [0.2, 0.25) is 0 Å². The summed E-state index contributed by atoms with van der Waals surface area (Å²) < 4.78 is 23.3. The summed E-state index contributed by atoms with van der Waals surface area (Å²) in [5.74, 6) is -0.693. The Morgan fingerprint density at radius 2 is 2.06 bits per heavy atom. The summed E-state index contributed by atoms with van der Waals surface area (Å²) in [5.41, 5.74) is 5.99. The maximum atomic E-state index is 13.6. The Morgan fingerprint density at radius 1 is 1.41 bits per heavy atom. The summed E-state index contributed by atoms with van der Waals surface area (Å²) in [4.78, 5) is 11.1. The summed E-state index contributed by atoms with van der Waals surface area (Å²) in [5, 5.41) is 0. The van der Waals surface area contributed by atoms with E-state index in [4.69, 9.17) is 10.5 Å². The zero-order valence-electron chi connectivity index (χ0n) is 10.1. The van der Waals surface area contributed by atoms with Gasteiger partial charge in [-0.1, -0.05) is 6.07 Å². The summed E-state index contributed by atoms with van der Waals surface area (Å²) in [6, 6.07) is 3.93. The highest BCUT2D eigenvalue weighted by atomic mass is 19.1. The monoisotopic (exact) mass is 241 g/mol. The van der Waals surface area contributed by atoms with Gasteiger partial charge in [0.25, 0.3) is 0 Å². The summed E-state index contributed by atoms with van der Waals surface area (Å²) >= 11 is 0. The van der Waals surface area contributed by atoms with Gasteiger partial charge in [0, 0.05) is 17.7 Å². The van der Waals surface area contributed by atoms with Crippen LogP contribution in [0.2, 0.25) is 0 Å². The molecule has 0 aliphatic carbocycles. The first-order valence-electron chi connectivity index (χ1n) is 5.25. The smallest absolute Gasteiger partial charge is 0.346 e. The molecule has 1 unspecified atom stereocenters. The molecule has 5 heteroatoms. The van der Waals surface area contributed by atoms with Gasteiger partial charge in [0.15, 0.2) is 6.10 Å². The third-order valence-corrected chi connectivity index (χ3v) is 2.31. The Balaban J connectivity index is 2.81. The number of halogens is 1. The average Bonchev–Trinajstić information content (AvgIpc) is 2.27. The first kappa shape index (κ1) is 13.4. The van der Waals surface area contributed by atoms with E-state index in [9.17, 15) is 9.18 Å². The molecule has 17 heavy (non-hydrogen) atoms. The van der Waals surface area contributed by atoms with E-state index >= 15 is 0 Å². The molecular weight excluding hydrogens is 225 g/mol. The normalized spacial score (nSPS) is 13.9. The average molecular weight is 241 g/mol. The third kappa shape index (κ3) is 3.42. The predicted octanol–water partition coefficient (Wildman–Crippen LogP) is 1.79. The van der Waals surface area contributed by atoms with Crippen molar-refractivity contribution in [1.82, 2.24) is 0 Å². The van der Waals surface area contributed by atoms with E-state index < -0.39 is 17.9 Å². The number of esters is 1. The minimum atomic E-state index is -0.777. The molecule has 0 heterocycles. The lowest BCUT2D eigenvalue weighted by atomic mass is 10.1. The Labute approximate surface area is 99.5 Å². The summed E-state index contributed by atoms with van der Waals surface area (Å²) in [6.07, 6.45) is -0.777. The van der Waals surface area contributed by atoms with Crippen molar-refractivity contribution < 1.29 is 18.7 Å². The van der Waals surface area contributed by atoms with Gasteiger partial charge in [-0.15, -0.1) is 0 Å². The number of rotatable bonds is 4. The van der Waals surface area contributed by atoms with Gasteiger partial charge in [-0.25, -0.2) is 9.18 Å². The van der Waals surface area contributed by atoms with E-state index in [1.165, 1.54) is 20.1 Å². The Hall–Kier alpha value is -1.62. The number of benzene rings is 1. The number of ether oxygens (including phenoxy) is 2. The van der Waals surface area contributed by atoms with Gasteiger partial charge >= 0.3 is 5.97 Å². The van der Waals surface area contributed by atoms with Crippen LogP contribution in [-0.4, -0.2) is 19.2 Å². The van der Waals surface area contributed by atoms with E-state index in [1.807, 2.05) is 0 Å². The molecule has 1 aromatic rings. The van der Waals surface area contributed by atoms with Crippen LogP contribution in [0.4, 0.5) is 4.39 Å². The molecule has 0 saturated carbocycles. The SMILES string of the molecule is COC(=O)C(C)Oc1ccc([C@@H](C)N)c(F)c1. The van der Waals surface area contributed by atoms with Crippen LogP contribution in [0.5, 0.6) is 5.75 Å². The highest BCUT2D eigenvalue weighted by molar-refractivity contribution is 5.74. The lowest BCUT2D eigenvalue weighted by Gasteiger charge is -2.14. The molecule has 2 N–H and O–H groups in total. The van der Waals surface area contributed by atoms with Gasteiger partial charge in [-0.05, 0) is 19.9 Å². The van der Waals surface area contributed by atoms with Crippen molar-refractivity contribution >= 4 is 5.97 Å². The maximum absolute atomic E-state index is 13.6. The largest absolute Gasteiger partial charge is 0.479 e. The second-order valence-electron chi connectivity index (χ2n) is 3.76. The maximum Gasteiger partial charge on any atom is 0.346 e. The number of carbonyl (C=O) groups excluding carboxylic acids is 1. The zero-order valence-corrected chi connectivity index (χ0v) is 10.1. The number of methoxy groups -OCH3 is 1. The van der Waals surface area contributed by atoms with Crippen LogP contribution in [-0.2, 0) is 9.53 Å². The van der Waals surface area contributed by atoms with Crippen molar-refractivity contribution in [2.24, 2.45) is 5.73 Å². The van der Waals surface area contributed by atoms with Crippen molar-refractivity contribution in [2.45, 2.75) is 26.0 Å². The fourth-order valence-electron chi connectivity index (χ4n) is 1.37. The summed E-state index contributed by atoms with van der Waals surface area (Å²) in [6.45, 7) is 3.22. The number of nitrogens with two attached hydrogens (primary N) is 1. The van der Waals surface area contributed by atoms with Crippen LogP contribution in [0.3, 0.4) is 0 Å². The first-order valence-corrected chi connectivity index (χ1v) is 5.25. The van der Waals surface area contributed by atoms with Gasteiger partial charge < -0.3 is 15.2 Å². The molecule has 0 saturated heterocycles. The second-order valence-corrected chi connectivity index (χ2v) is 3.76. The highest BCUT2D eigenvalue weighted by Gasteiger charge is 2.16. The van der Waals surface area contributed by atoms with Crippen LogP contribution in [0.25, 0.3) is 0 Å². The molecule has 0 aliphatic rings. The fourth-order valence-corrected chi connectivity index (χ4v) is 1.37. The van der Waals surface area contributed by atoms with Crippen LogP contribution in [0.15, 0.2) is 18.2 Å². The van der Waals surface area contributed by atoms with E-state index in [0.717, 1.165) is 0 Å².